The Bertz CT molecular complexity index is 1130. The smallest absolute Gasteiger partial charge is 0.381 e. The molecule has 0 fully saturated rings. The van der Waals surface area contributed by atoms with Crippen molar-refractivity contribution in [2.45, 2.75) is 18.8 Å². The van der Waals surface area contributed by atoms with Gasteiger partial charge in [0.1, 0.15) is 5.82 Å². The van der Waals surface area contributed by atoms with Crippen molar-refractivity contribution < 1.29 is 31.9 Å². The van der Waals surface area contributed by atoms with Crippen LogP contribution in [0.1, 0.15) is 11.1 Å². The van der Waals surface area contributed by atoms with E-state index in [0.717, 1.165) is 28.9 Å². The number of anilines is 1. The van der Waals surface area contributed by atoms with Gasteiger partial charge in [0.15, 0.2) is 6.10 Å². The maximum absolute atomic E-state index is 13.8. The van der Waals surface area contributed by atoms with Crippen molar-refractivity contribution in [2.75, 3.05) is 5.32 Å². The lowest BCUT2D eigenvalue weighted by Crippen LogP contribution is -2.32. The molecule has 2 N–H and O–H groups in total. The quantitative estimate of drug-likeness (QED) is 0.647. The highest BCUT2D eigenvalue weighted by molar-refractivity contribution is 5.94. The molecule has 6 nitrogen and oxygen atoms in total. The maximum atomic E-state index is 13.8. The number of aliphatic hydroxyl groups is 1. The molecule has 0 radical (unpaired) electrons. The second kappa shape index (κ2) is 7.48. The lowest BCUT2D eigenvalue weighted by Gasteiger charge is -2.14. The van der Waals surface area contributed by atoms with Crippen molar-refractivity contribution >= 4 is 22.5 Å². The number of carbonyl (C=O) groups is 1. The Hall–Kier alpha value is -3.52. The van der Waals surface area contributed by atoms with Crippen LogP contribution in [-0.4, -0.2) is 26.9 Å². The second-order valence-electron chi connectivity index (χ2n) is 6.01. The molecule has 1 atom stereocenters. The van der Waals surface area contributed by atoms with Gasteiger partial charge < -0.3 is 10.4 Å². The zero-order valence-corrected chi connectivity index (χ0v) is 14.3. The van der Waals surface area contributed by atoms with Crippen LogP contribution in [0.15, 0.2) is 36.4 Å². The predicted molar refractivity (Wildman–Crippen MR) is 90.4 cm³/mol. The normalized spacial score (nSPS) is 12.6. The minimum absolute atomic E-state index is 0.119. The first-order valence-electron chi connectivity index (χ1n) is 8.02. The number of nitrogens with zero attached hydrogens (tertiary/aromatic N) is 3. The van der Waals surface area contributed by atoms with Gasteiger partial charge in [-0.05, 0) is 36.4 Å². The third kappa shape index (κ3) is 4.17. The van der Waals surface area contributed by atoms with Crippen LogP contribution in [0, 0.1) is 23.1 Å². The van der Waals surface area contributed by atoms with Gasteiger partial charge in [0.05, 0.1) is 34.6 Å². The Labute approximate surface area is 159 Å². The number of aromatic nitrogens is 2. The minimum atomic E-state index is -4.81. The van der Waals surface area contributed by atoms with E-state index in [1.54, 1.807) is 0 Å². The zero-order valence-electron chi connectivity index (χ0n) is 14.3. The number of hydrogen-bond donors (Lipinski definition) is 2. The van der Waals surface area contributed by atoms with Crippen LogP contribution < -0.4 is 5.32 Å². The van der Waals surface area contributed by atoms with Gasteiger partial charge in [0.2, 0.25) is 5.95 Å². The first-order chi connectivity index (χ1) is 13.6. The summed E-state index contributed by atoms with van der Waals surface area (Å²) in [6, 6.07) is 7.08. The van der Waals surface area contributed by atoms with Crippen molar-refractivity contribution in [3.05, 3.63) is 59.3 Å². The molecule has 0 aliphatic heterocycles. The average Bonchev–Trinajstić information content (AvgIpc) is 2.95. The number of aliphatic hydroxyl groups excluding tert-OH is 1. The standard InChI is InChI=1S/C18H11F5N4O2/c19-10-2-4-14-12(5-10)16(20)26-27(14)8-15(28)17(29)25-11-3-1-9(7-24)13(6-11)18(21,22)23/h1-6,15,28H,8H2,(H,25,29)/t15-/m0/s1. The lowest BCUT2D eigenvalue weighted by molar-refractivity contribution is -0.137. The SMILES string of the molecule is N#Cc1ccc(NC(=O)[C@@H](O)Cn2nc(F)c3cc(F)ccc32)cc1C(F)(F)F. The fourth-order valence-corrected chi connectivity index (χ4v) is 2.68. The highest BCUT2D eigenvalue weighted by atomic mass is 19.4. The van der Waals surface area contributed by atoms with E-state index in [2.05, 4.69) is 10.4 Å². The molecule has 1 heterocycles. The average molecular weight is 410 g/mol. The van der Waals surface area contributed by atoms with Gasteiger partial charge >= 0.3 is 6.18 Å². The van der Waals surface area contributed by atoms with Gasteiger partial charge in [0, 0.05) is 5.69 Å². The van der Waals surface area contributed by atoms with Crippen molar-refractivity contribution in [3.63, 3.8) is 0 Å². The molecule has 0 aliphatic carbocycles. The fraction of sp³-hybridized carbons (Fsp3) is 0.167. The summed E-state index contributed by atoms with van der Waals surface area (Å²) < 4.78 is 66.9. The van der Waals surface area contributed by atoms with E-state index in [1.807, 2.05) is 0 Å². The topological polar surface area (TPSA) is 90.9 Å². The Morgan fingerprint density at radius 2 is 1.97 bits per heavy atom. The molecule has 29 heavy (non-hydrogen) atoms. The molecule has 11 heteroatoms. The molecule has 0 saturated heterocycles. The Morgan fingerprint density at radius 3 is 2.62 bits per heavy atom. The van der Waals surface area contributed by atoms with Gasteiger partial charge in [-0.15, -0.1) is 5.10 Å². The van der Waals surface area contributed by atoms with Crippen LogP contribution in [0.2, 0.25) is 0 Å². The number of alkyl halides is 3. The molecule has 3 rings (SSSR count). The summed E-state index contributed by atoms with van der Waals surface area (Å²) in [5.41, 5.74) is -2.04. The molecule has 0 saturated carbocycles. The molecular weight excluding hydrogens is 399 g/mol. The van der Waals surface area contributed by atoms with Gasteiger partial charge in [-0.1, -0.05) is 0 Å². The largest absolute Gasteiger partial charge is 0.417 e. The first kappa shape index (κ1) is 20.2. The Balaban J connectivity index is 1.79. The number of carbonyl (C=O) groups excluding carboxylic acids is 1. The van der Waals surface area contributed by atoms with Crippen LogP contribution in [-0.2, 0) is 17.5 Å². The molecule has 1 aromatic heterocycles. The summed E-state index contributed by atoms with van der Waals surface area (Å²) in [5.74, 6) is -2.78. The van der Waals surface area contributed by atoms with E-state index in [-0.39, 0.29) is 16.6 Å². The van der Waals surface area contributed by atoms with E-state index in [0.29, 0.717) is 6.07 Å². The highest BCUT2D eigenvalue weighted by Gasteiger charge is 2.34. The van der Waals surface area contributed by atoms with Gasteiger partial charge in [-0.3, -0.25) is 9.48 Å². The summed E-state index contributed by atoms with van der Waals surface area (Å²) in [5, 5.41) is 24.2. The highest BCUT2D eigenvalue weighted by Crippen LogP contribution is 2.33. The molecule has 0 spiro atoms. The van der Waals surface area contributed by atoms with E-state index < -0.39 is 47.6 Å². The molecule has 0 aliphatic rings. The van der Waals surface area contributed by atoms with Crippen LogP contribution in [0.25, 0.3) is 10.9 Å². The molecule has 3 aromatic rings. The fourth-order valence-electron chi connectivity index (χ4n) is 2.68. The number of rotatable bonds is 4. The van der Waals surface area contributed by atoms with E-state index in [1.165, 1.54) is 12.1 Å². The molecule has 0 bridgehead atoms. The van der Waals surface area contributed by atoms with Crippen LogP contribution in [0.4, 0.5) is 27.6 Å². The summed E-state index contributed by atoms with van der Waals surface area (Å²) >= 11 is 0. The number of amides is 1. The number of nitrogens with one attached hydrogen (secondary N) is 1. The zero-order chi connectivity index (χ0) is 21.3. The maximum Gasteiger partial charge on any atom is 0.417 e. The van der Waals surface area contributed by atoms with E-state index >= 15 is 0 Å². The van der Waals surface area contributed by atoms with Crippen LogP contribution in [0.3, 0.4) is 0 Å². The van der Waals surface area contributed by atoms with Crippen molar-refractivity contribution in [1.29, 1.82) is 5.26 Å². The van der Waals surface area contributed by atoms with Crippen LogP contribution in [0.5, 0.6) is 0 Å². The molecule has 0 unspecified atom stereocenters. The lowest BCUT2D eigenvalue weighted by atomic mass is 10.1. The minimum Gasteiger partial charge on any atom is -0.381 e. The monoisotopic (exact) mass is 410 g/mol. The number of nitriles is 1. The van der Waals surface area contributed by atoms with E-state index in [4.69, 9.17) is 5.26 Å². The number of fused-ring (bicyclic) bond motifs is 1. The molecule has 150 valence electrons. The van der Waals surface area contributed by atoms with Crippen LogP contribution >= 0.6 is 0 Å². The molecule has 2 aromatic carbocycles. The number of halogens is 5. The summed E-state index contributed by atoms with van der Waals surface area (Å²) in [6.45, 7) is -0.527. The summed E-state index contributed by atoms with van der Waals surface area (Å²) in [6.07, 6.45) is -6.61. The summed E-state index contributed by atoms with van der Waals surface area (Å²) in [7, 11) is 0. The molecule has 1 amide bonds. The third-order valence-corrected chi connectivity index (χ3v) is 4.03. The van der Waals surface area contributed by atoms with Gasteiger partial charge in [-0.25, -0.2) is 4.39 Å². The van der Waals surface area contributed by atoms with Gasteiger partial charge in [-0.2, -0.15) is 22.8 Å². The van der Waals surface area contributed by atoms with Crippen molar-refractivity contribution in [3.8, 4) is 6.07 Å². The predicted octanol–water partition coefficient (Wildman–Crippen LogP) is 3.20. The third-order valence-electron chi connectivity index (χ3n) is 4.03. The second-order valence-corrected chi connectivity index (χ2v) is 6.01. The Morgan fingerprint density at radius 1 is 1.24 bits per heavy atom. The number of hydrogen-bond acceptors (Lipinski definition) is 4. The van der Waals surface area contributed by atoms with Crippen molar-refractivity contribution in [2.24, 2.45) is 0 Å². The molecular formula is C18H11F5N4O2. The van der Waals surface area contributed by atoms with Gasteiger partial charge in [0.25, 0.3) is 5.91 Å². The first-order valence-corrected chi connectivity index (χ1v) is 8.02. The number of benzene rings is 2. The Kier molecular flexibility index (Phi) is 5.21. The van der Waals surface area contributed by atoms with E-state index in [9.17, 15) is 31.9 Å². The summed E-state index contributed by atoms with van der Waals surface area (Å²) in [4.78, 5) is 12.1. The van der Waals surface area contributed by atoms with Crippen molar-refractivity contribution in [1.82, 2.24) is 9.78 Å².